The van der Waals surface area contributed by atoms with E-state index in [1.807, 2.05) is 39.0 Å². The zero-order valence-electron chi connectivity index (χ0n) is 13.2. The zero-order chi connectivity index (χ0) is 15.9. The van der Waals surface area contributed by atoms with Crippen molar-refractivity contribution < 1.29 is 12.8 Å². The lowest BCUT2D eigenvalue weighted by Crippen LogP contribution is -2.31. The Morgan fingerprint density at radius 2 is 1.86 bits per heavy atom. The minimum atomic E-state index is -3.52. The van der Waals surface area contributed by atoms with Crippen molar-refractivity contribution in [1.82, 2.24) is 4.31 Å². The van der Waals surface area contributed by atoms with E-state index in [9.17, 15) is 8.42 Å². The van der Waals surface area contributed by atoms with Gasteiger partial charge in [-0.05, 0) is 56.9 Å². The normalized spacial score (nSPS) is 19.7. The number of aryl methyl sites for hydroxylation is 3. The third kappa shape index (κ3) is 2.48. The summed E-state index contributed by atoms with van der Waals surface area (Å²) in [7, 11) is -3.52. The van der Waals surface area contributed by atoms with Gasteiger partial charge in [0.25, 0.3) is 0 Å². The van der Waals surface area contributed by atoms with Gasteiger partial charge < -0.3 is 4.42 Å². The van der Waals surface area contributed by atoms with E-state index < -0.39 is 10.0 Å². The monoisotopic (exact) mass is 319 g/mol. The van der Waals surface area contributed by atoms with Gasteiger partial charge in [0.05, 0.1) is 17.2 Å². The summed E-state index contributed by atoms with van der Waals surface area (Å²) >= 11 is 0. The van der Waals surface area contributed by atoms with Crippen LogP contribution in [-0.4, -0.2) is 19.3 Å². The Balaban J connectivity index is 2.07. The van der Waals surface area contributed by atoms with Gasteiger partial charge in [-0.25, -0.2) is 8.42 Å². The van der Waals surface area contributed by atoms with Crippen LogP contribution < -0.4 is 0 Å². The highest BCUT2D eigenvalue weighted by molar-refractivity contribution is 7.89. The molecule has 1 saturated heterocycles. The minimum absolute atomic E-state index is 0.194. The fraction of sp³-hybridized carbons (Fsp3) is 0.412. The third-order valence-corrected chi connectivity index (χ3v) is 6.46. The molecule has 2 heterocycles. The van der Waals surface area contributed by atoms with Gasteiger partial charge in [-0.1, -0.05) is 17.7 Å². The van der Waals surface area contributed by atoms with Crippen LogP contribution in [0.15, 0.2) is 39.8 Å². The van der Waals surface area contributed by atoms with Crippen molar-refractivity contribution in [3.63, 3.8) is 0 Å². The Bertz CT molecular complexity index is 755. The summed E-state index contributed by atoms with van der Waals surface area (Å²) < 4.78 is 33.4. The SMILES string of the molecule is Cc1cc(C)c(S(=O)(=O)N2CCC[C@H]2c2ccco2)c(C)c1. The first kappa shape index (κ1) is 15.3. The largest absolute Gasteiger partial charge is 0.468 e. The third-order valence-electron chi connectivity index (χ3n) is 4.25. The lowest BCUT2D eigenvalue weighted by atomic mass is 10.1. The number of sulfonamides is 1. The van der Waals surface area contributed by atoms with Gasteiger partial charge in [0, 0.05) is 6.54 Å². The fourth-order valence-electron chi connectivity index (χ4n) is 3.48. The molecule has 4 nitrogen and oxygen atoms in total. The molecule has 0 bridgehead atoms. The topological polar surface area (TPSA) is 50.5 Å². The molecule has 1 aliphatic rings. The number of rotatable bonds is 3. The summed E-state index contributed by atoms with van der Waals surface area (Å²) in [5.74, 6) is 0.725. The van der Waals surface area contributed by atoms with Crippen LogP contribution >= 0.6 is 0 Å². The molecule has 1 aromatic heterocycles. The van der Waals surface area contributed by atoms with Crippen LogP contribution in [-0.2, 0) is 10.0 Å². The molecule has 0 aliphatic carbocycles. The van der Waals surface area contributed by atoms with Gasteiger partial charge >= 0.3 is 0 Å². The van der Waals surface area contributed by atoms with E-state index in [0.717, 1.165) is 35.3 Å². The molecule has 0 unspecified atom stereocenters. The molecule has 2 aromatic rings. The molecule has 0 N–H and O–H groups in total. The van der Waals surface area contributed by atoms with Crippen molar-refractivity contribution in [1.29, 1.82) is 0 Å². The summed E-state index contributed by atoms with van der Waals surface area (Å²) in [5.41, 5.74) is 2.70. The first-order valence-corrected chi connectivity index (χ1v) is 8.98. The van der Waals surface area contributed by atoms with Crippen molar-refractivity contribution in [2.24, 2.45) is 0 Å². The molecule has 0 saturated carbocycles. The quantitative estimate of drug-likeness (QED) is 0.866. The molecule has 1 aliphatic heterocycles. The molecule has 3 rings (SSSR count). The minimum Gasteiger partial charge on any atom is -0.468 e. The average Bonchev–Trinajstić information content (AvgIpc) is 3.08. The van der Waals surface area contributed by atoms with E-state index in [0.29, 0.717) is 11.4 Å². The van der Waals surface area contributed by atoms with E-state index in [-0.39, 0.29) is 6.04 Å². The average molecular weight is 319 g/mol. The lowest BCUT2D eigenvalue weighted by Gasteiger charge is -2.24. The van der Waals surface area contributed by atoms with Crippen molar-refractivity contribution in [3.8, 4) is 0 Å². The summed E-state index contributed by atoms with van der Waals surface area (Å²) in [6, 6.07) is 7.32. The maximum atomic E-state index is 13.2. The highest BCUT2D eigenvalue weighted by atomic mass is 32.2. The standard InChI is InChI=1S/C17H21NO3S/c1-12-10-13(2)17(14(3)11-12)22(19,20)18-8-4-6-15(18)16-7-5-9-21-16/h5,7,9-11,15H,4,6,8H2,1-3H3/t15-/m0/s1. The molecule has 22 heavy (non-hydrogen) atoms. The molecule has 0 spiro atoms. The highest BCUT2D eigenvalue weighted by Crippen LogP contribution is 2.38. The maximum absolute atomic E-state index is 13.2. The molecule has 1 aromatic carbocycles. The second-order valence-electron chi connectivity index (χ2n) is 6.02. The van der Waals surface area contributed by atoms with Crippen LogP contribution in [0.3, 0.4) is 0 Å². The van der Waals surface area contributed by atoms with Gasteiger partial charge in [-0.15, -0.1) is 0 Å². The molecular formula is C17H21NO3S. The lowest BCUT2D eigenvalue weighted by molar-refractivity contribution is 0.339. The Morgan fingerprint density at radius 1 is 1.18 bits per heavy atom. The summed E-state index contributed by atoms with van der Waals surface area (Å²) in [4.78, 5) is 0.441. The zero-order valence-corrected chi connectivity index (χ0v) is 14.0. The van der Waals surface area contributed by atoms with Crippen molar-refractivity contribution >= 4 is 10.0 Å². The molecular weight excluding hydrogens is 298 g/mol. The number of hydrogen-bond acceptors (Lipinski definition) is 3. The van der Waals surface area contributed by atoms with Crippen LogP contribution in [0.2, 0.25) is 0 Å². The molecule has 118 valence electrons. The molecule has 1 atom stereocenters. The number of hydrogen-bond donors (Lipinski definition) is 0. The van der Waals surface area contributed by atoms with Crippen molar-refractivity contribution in [2.45, 2.75) is 44.6 Å². The second kappa shape index (κ2) is 5.56. The van der Waals surface area contributed by atoms with E-state index in [1.165, 1.54) is 0 Å². The number of furan rings is 1. The fourth-order valence-corrected chi connectivity index (χ4v) is 5.56. The van der Waals surface area contributed by atoms with Crippen LogP contribution in [0.25, 0.3) is 0 Å². The number of nitrogens with zero attached hydrogens (tertiary/aromatic N) is 1. The van der Waals surface area contributed by atoms with Gasteiger partial charge in [-0.2, -0.15) is 4.31 Å². The Labute approximate surface area is 131 Å². The molecule has 1 fully saturated rings. The molecule has 0 radical (unpaired) electrons. The Hall–Kier alpha value is -1.59. The van der Waals surface area contributed by atoms with E-state index >= 15 is 0 Å². The second-order valence-corrected chi connectivity index (χ2v) is 7.84. The van der Waals surface area contributed by atoms with E-state index in [1.54, 1.807) is 16.6 Å². The van der Waals surface area contributed by atoms with Gasteiger partial charge in [0.1, 0.15) is 5.76 Å². The Morgan fingerprint density at radius 3 is 2.45 bits per heavy atom. The van der Waals surface area contributed by atoms with Crippen LogP contribution in [0.1, 0.15) is 41.3 Å². The van der Waals surface area contributed by atoms with Gasteiger partial charge in [-0.3, -0.25) is 0 Å². The summed E-state index contributed by atoms with van der Waals surface area (Å²) in [5, 5.41) is 0. The van der Waals surface area contributed by atoms with Crippen LogP contribution in [0, 0.1) is 20.8 Å². The Kier molecular flexibility index (Phi) is 3.87. The molecule has 5 heteroatoms. The van der Waals surface area contributed by atoms with Gasteiger partial charge in [0.2, 0.25) is 10.0 Å². The van der Waals surface area contributed by atoms with Crippen LogP contribution in [0.5, 0.6) is 0 Å². The predicted octanol–water partition coefficient (Wildman–Crippen LogP) is 3.73. The maximum Gasteiger partial charge on any atom is 0.244 e. The highest BCUT2D eigenvalue weighted by Gasteiger charge is 2.38. The smallest absolute Gasteiger partial charge is 0.244 e. The predicted molar refractivity (Wildman–Crippen MR) is 85.2 cm³/mol. The van der Waals surface area contributed by atoms with Crippen LogP contribution in [0.4, 0.5) is 0 Å². The first-order chi connectivity index (χ1) is 10.4. The van der Waals surface area contributed by atoms with Crippen molar-refractivity contribution in [3.05, 3.63) is 53.0 Å². The van der Waals surface area contributed by atoms with E-state index in [2.05, 4.69) is 0 Å². The number of benzene rings is 1. The van der Waals surface area contributed by atoms with Crippen molar-refractivity contribution in [2.75, 3.05) is 6.54 Å². The summed E-state index contributed by atoms with van der Waals surface area (Å²) in [6.07, 6.45) is 3.26. The van der Waals surface area contributed by atoms with E-state index in [4.69, 9.17) is 4.42 Å². The first-order valence-electron chi connectivity index (χ1n) is 7.54. The van der Waals surface area contributed by atoms with Gasteiger partial charge in [0.15, 0.2) is 0 Å². The molecule has 0 amide bonds. The summed E-state index contributed by atoms with van der Waals surface area (Å²) in [6.45, 7) is 6.26.